The molecule has 0 bridgehead atoms. The summed E-state index contributed by atoms with van der Waals surface area (Å²) in [6.45, 7) is 1.56. The van der Waals surface area contributed by atoms with E-state index in [1.54, 1.807) is 6.20 Å². The third-order valence-electron chi connectivity index (χ3n) is 4.74. The highest BCUT2D eigenvalue weighted by Gasteiger charge is 2.26. The summed E-state index contributed by atoms with van der Waals surface area (Å²) in [5.41, 5.74) is 3.04. The van der Waals surface area contributed by atoms with Crippen LogP contribution in [0.2, 0.25) is 0 Å². The minimum absolute atomic E-state index is 0.176. The highest BCUT2D eigenvalue weighted by Crippen LogP contribution is 2.20. The van der Waals surface area contributed by atoms with Crippen molar-refractivity contribution in [3.05, 3.63) is 72.4 Å². The zero-order chi connectivity index (χ0) is 17.1. The van der Waals surface area contributed by atoms with Gasteiger partial charge in [-0.2, -0.15) is 0 Å². The molecule has 1 atom stereocenters. The number of nitrogens with zero attached hydrogens (tertiary/aromatic N) is 2. The van der Waals surface area contributed by atoms with Gasteiger partial charge in [0.1, 0.15) is 0 Å². The number of nitrogens with one attached hydrogen (secondary N) is 1. The van der Waals surface area contributed by atoms with E-state index in [9.17, 15) is 4.79 Å². The van der Waals surface area contributed by atoms with Gasteiger partial charge >= 0.3 is 0 Å². The lowest BCUT2D eigenvalue weighted by molar-refractivity contribution is -0.129. The molecule has 126 valence electrons. The predicted molar refractivity (Wildman–Crippen MR) is 100 cm³/mol. The Kier molecular flexibility index (Phi) is 4.34. The summed E-state index contributed by atoms with van der Waals surface area (Å²) in [4.78, 5) is 19.1. The fourth-order valence-electron chi connectivity index (χ4n) is 3.46. The highest BCUT2D eigenvalue weighted by atomic mass is 16.2. The maximum Gasteiger partial charge on any atom is 0.227 e. The maximum atomic E-state index is 12.7. The number of anilines is 1. The minimum atomic E-state index is 0.176. The third-order valence-corrected chi connectivity index (χ3v) is 4.74. The molecular formula is C21H21N3O. The largest absolute Gasteiger partial charge is 0.380 e. The molecule has 1 saturated heterocycles. The van der Waals surface area contributed by atoms with Crippen molar-refractivity contribution in [2.75, 3.05) is 18.4 Å². The number of aromatic nitrogens is 1. The fourth-order valence-corrected chi connectivity index (χ4v) is 3.46. The van der Waals surface area contributed by atoms with Crippen LogP contribution < -0.4 is 5.32 Å². The van der Waals surface area contributed by atoms with E-state index in [1.165, 1.54) is 0 Å². The Balaban J connectivity index is 1.42. The van der Waals surface area contributed by atoms with E-state index in [1.807, 2.05) is 53.4 Å². The molecule has 1 fully saturated rings. The van der Waals surface area contributed by atoms with Crippen LogP contribution in [0, 0.1) is 0 Å². The van der Waals surface area contributed by atoms with Crippen LogP contribution in [0.25, 0.3) is 10.9 Å². The van der Waals surface area contributed by atoms with Crippen molar-refractivity contribution in [3.8, 4) is 0 Å². The number of amides is 1. The Morgan fingerprint density at radius 1 is 1.08 bits per heavy atom. The molecular weight excluding hydrogens is 310 g/mol. The van der Waals surface area contributed by atoms with Crippen molar-refractivity contribution >= 4 is 22.5 Å². The lowest BCUT2D eigenvalue weighted by atomic mass is 10.1. The first-order valence-corrected chi connectivity index (χ1v) is 8.71. The third kappa shape index (κ3) is 3.48. The second-order valence-electron chi connectivity index (χ2n) is 6.50. The summed E-state index contributed by atoms with van der Waals surface area (Å²) in [6, 6.07) is 20.5. The molecule has 1 amide bonds. The SMILES string of the molecule is O=C(Cc1cccc2cccnc12)N1CC[C@@H](Nc2ccccc2)C1. The molecule has 1 N–H and O–H groups in total. The molecule has 2 aromatic carbocycles. The lowest BCUT2D eigenvalue weighted by Crippen LogP contribution is -2.32. The molecule has 0 radical (unpaired) electrons. The van der Waals surface area contributed by atoms with E-state index in [-0.39, 0.29) is 5.91 Å². The van der Waals surface area contributed by atoms with Crippen LogP contribution in [-0.4, -0.2) is 34.9 Å². The molecule has 1 aliphatic heterocycles. The van der Waals surface area contributed by atoms with Gasteiger partial charge in [0.05, 0.1) is 11.9 Å². The summed E-state index contributed by atoms with van der Waals surface area (Å²) in [5.74, 6) is 0.176. The second kappa shape index (κ2) is 6.93. The van der Waals surface area contributed by atoms with Crippen molar-refractivity contribution in [1.82, 2.24) is 9.88 Å². The molecule has 3 aromatic rings. The Morgan fingerprint density at radius 2 is 1.92 bits per heavy atom. The number of carbonyl (C=O) groups is 1. The summed E-state index contributed by atoms with van der Waals surface area (Å²) in [6.07, 6.45) is 3.17. The molecule has 0 saturated carbocycles. The molecule has 0 unspecified atom stereocenters. The van der Waals surface area contributed by atoms with Gasteiger partial charge in [0.25, 0.3) is 0 Å². The van der Waals surface area contributed by atoms with Crippen LogP contribution in [0.15, 0.2) is 66.9 Å². The van der Waals surface area contributed by atoms with Crippen molar-refractivity contribution in [1.29, 1.82) is 0 Å². The van der Waals surface area contributed by atoms with E-state index in [2.05, 4.69) is 22.4 Å². The fraction of sp³-hybridized carbons (Fsp3) is 0.238. The van der Waals surface area contributed by atoms with E-state index in [0.717, 1.165) is 41.7 Å². The van der Waals surface area contributed by atoms with Gasteiger partial charge in [-0.1, -0.05) is 42.5 Å². The molecule has 0 aliphatic carbocycles. The number of likely N-dealkylation sites (tertiary alicyclic amines) is 1. The standard InChI is InChI=1S/C21H21N3O/c25-20(14-17-7-4-6-16-8-5-12-22-21(16)17)24-13-11-19(15-24)23-18-9-2-1-3-10-18/h1-10,12,19,23H,11,13-15H2/t19-/m1/s1. The lowest BCUT2D eigenvalue weighted by Gasteiger charge is -2.18. The number of hydrogen-bond donors (Lipinski definition) is 1. The number of pyridine rings is 1. The molecule has 4 rings (SSSR count). The Bertz CT molecular complexity index is 873. The molecule has 1 aromatic heterocycles. The summed E-state index contributed by atoms with van der Waals surface area (Å²) in [7, 11) is 0. The maximum absolute atomic E-state index is 12.7. The predicted octanol–water partition coefficient (Wildman–Crippen LogP) is 3.49. The van der Waals surface area contributed by atoms with Gasteiger partial charge in [-0.3, -0.25) is 9.78 Å². The van der Waals surface area contributed by atoms with Crippen LogP contribution >= 0.6 is 0 Å². The van der Waals surface area contributed by atoms with Crippen LogP contribution in [0.1, 0.15) is 12.0 Å². The molecule has 25 heavy (non-hydrogen) atoms. The van der Waals surface area contributed by atoms with Gasteiger partial charge in [-0.05, 0) is 30.2 Å². The Morgan fingerprint density at radius 3 is 2.80 bits per heavy atom. The van der Waals surface area contributed by atoms with Crippen molar-refractivity contribution in [2.24, 2.45) is 0 Å². The van der Waals surface area contributed by atoms with Crippen molar-refractivity contribution in [2.45, 2.75) is 18.9 Å². The van der Waals surface area contributed by atoms with Crippen molar-refractivity contribution in [3.63, 3.8) is 0 Å². The van der Waals surface area contributed by atoms with E-state index >= 15 is 0 Å². The topological polar surface area (TPSA) is 45.2 Å². The second-order valence-corrected chi connectivity index (χ2v) is 6.50. The quantitative estimate of drug-likeness (QED) is 0.796. The molecule has 4 heteroatoms. The van der Waals surface area contributed by atoms with Gasteiger partial charge in [0.15, 0.2) is 0 Å². The molecule has 2 heterocycles. The minimum Gasteiger partial charge on any atom is -0.380 e. The zero-order valence-electron chi connectivity index (χ0n) is 14.1. The van der Waals surface area contributed by atoms with Crippen LogP contribution in [0.5, 0.6) is 0 Å². The summed E-state index contributed by atoms with van der Waals surface area (Å²) in [5, 5.41) is 4.59. The summed E-state index contributed by atoms with van der Waals surface area (Å²) < 4.78 is 0. The van der Waals surface area contributed by atoms with Gasteiger partial charge in [-0.15, -0.1) is 0 Å². The smallest absolute Gasteiger partial charge is 0.227 e. The Labute approximate surface area is 147 Å². The van der Waals surface area contributed by atoms with Gasteiger partial charge in [-0.25, -0.2) is 0 Å². The van der Waals surface area contributed by atoms with E-state index < -0.39 is 0 Å². The Hall–Kier alpha value is -2.88. The van der Waals surface area contributed by atoms with Crippen LogP contribution in [0.4, 0.5) is 5.69 Å². The van der Waals surface area contributed by atoms with E-state index in [4.69, 9.17) is 0 Å². The number of rotatable bonds is 4. The first kappa shape index (κ1) is 15.6. The molecule has 0 spiro atoms. The van der Waals surface area contributed by atoms with E-state index in [0.29, 0.717) is 12.5 Å². The normalized spacial score (nSPS) is 17.0. The number of benzene rings is 2. The number of para-hydroxylation sites is 2. The monoisotopic (exact) mass is 331 g/mol. The van der Waals surface area contributed by atoms with Crippen molar-refractivity contribution < 1.29 is 4.79 Å². The number of hydrogen-bond acceptors (Lipinski definition) is 3. The number of fused-ring (bicyclic) bond motifs is 1. The first-order valence-electron chi connectivity index (χ1n) is 8.71. The highest BCUT2D eigenvalue weighted by molar-refractivity contribution is 5.87. The first-order chi connectivity index (χ1) is 12.3. The van der Waals surface area contributed by atoms with Gasteiger partial charge in [0.2, 0.25) is 5.91 Å². The average molecular weight is 331 g/mol. The number of carbonyl (C=O) groups excluding carboxylic acids is 1. The average Bonchev–Trinajstić information content (AvgIpc) is 3.11. The van der Waals surface area contributed by atoms with Gasteiger partial charge < -0.3 is 10.2 Å². The van der Waals surface area contributed by atoms with Crippen LogP contribution in [-0.2, 0) is 11.2 Å². The zero-order valence-corrected chi connectivity index (χ0v) is 14.1. The molecule has 1 aliphatic rings. The van der Waals surface area contributed by atoms with Crippen LogP contribution in [0.3, 0.4) is 0 Å². The van der Waals surface area contributed by atoms with Gasteiger partial charge in [0, 0.05) is 36.4 Å². The summed E-state index contributed by atoms with van der Waals surface area (Å²) >= 11 is 0. The molecule has 4 nitrogen and oxygen atoms in total.